The van der Waals surface area contributed by atoms with Crippen molar-refractivity contribution in [2.45, 2.75) is 33.3 Å². The van der Waals surface area contributed by atoms with Crippen molar-refractivity contribution in [2.24, 2.45) is 5.16 Å². The Morgan fingerprint density at radius 1 is 1.21 bits per heavy atom. The number of carbonyl (C=O) groups is 1. The van der Waals surface area contributed by atoms with Gasteiger partial charge in [-0.05, 0) is 39.0 Å². The molecule has 0 aliphatic carbocycles. The van der Waals surface area contributed by atoms with Crippen LogP contribution in [0.5, 0.6) is 0 Å². The minimum atomic E-state index is -0.723. The fraction of sp³-hybridized carbons (Fsp3) is 0.278. The highest BCUT2D eigenvalue weighted by Crippen LogP contribution is 2.27. The molecule has 144 valence electrons. The van der Waals surface area contributed by atoms with Crippen LogP contribution in [0, 0.1) is 20.8 Å². The molecule has 0 bridgehead atoms. The second kappa shape index (κ2) is 7.33. The van der Waals surface area contributed by atoms with E-state index in [1.54, 1.807) is 12.1 Å². The van der Waals surface area contributed by atoms with Crippen LogP contribution in [-0.2, 0) is 9.63 Å². The first kappa shape index (κ1) is 18.6. The molecule has 1 aliphatic heterocycles. The number of oxime groups is 1. The van der Waals surface area contributed by atoms with E-state index in [9.17, 15) is 4.79 Å². The molecule has 1 unspecified atom stereocenters. The van der Waals surface area contributed by atoms with E-state index in [1.165, 1.54) is 16.0 Å². The summed E-state index contributed by atoms with van der Waals surface area (Å²) < 4.78 is 2.18. The van der Waals surface area contributed by atoms with E-state index in [1.807, 2.05) is 32.9 Å². The van der Waals surface area contributed by atoms with Crippen LogP contribution in [0.15, 0.2) is 29.4 Å². The van der Waals surface area contributed by atoms with Gasteiger partial charge in [0, 0.05) is 23.9 Å². The number of carbonyl (C=O) groups excluding carboxylic acids is 1. The molecule has 0 fully saturated rings. The minimum absolute atomic E-state index is 0.313. The minimum Gasteiger partial charge on any atom is -0.382 e. The molecule has 10 heteroatoms. The van der Waals surface area contributed by atoms with Crippen molar-refractivity contribution in [1.82, 2.24) is 19.7 Å². The van der Waals surface area contributed by atoms with Crippen molar-refractivity contribution in [3.05, 3.63) is 50.6 Å². The van der Waals surface area contributed by atoms with Gasteiger partial charge in [-0.15, -0.1) is 11.3 Å². The zero-order chi connectivity index (χ0) is 19.8. The van der Waals surface area contributed by atoms with Crippen LogP contribution in [0.2, 0.25) is 4.34 Å². The zero-order valence-electron chi connectivity index (χ0n) is 15.4. The Morgan fingerprint density at radius 2 is 1.96 bits per heavy atom. The summed E-state index contributed by atoms with van der Waals surface area (Å²) in [4.78, 5) is 27.8. The van der Waals surface area contributed by atoms with Crippen LogP contribution in [0.1, 0.15) is 28.4 Å². The average Bonchev–Trinajstić information content (AvgIpc) is 3.33. The SMILES string of the molecule is Cc1cc(C)nc(-n2nc(C)cc2NC(=O)C2CC(c3ccc(Cl)s3)=NO2)n1. The largest absolute Gasteiger partial charge is 0.382 e. The number of thiophene rings is 1. The molecule has 3 aromatic heterocycles. The maximum absolute atomic E-state index is 12.7. The number of anilines is 1. The van der Waals surface area contributed by atoms with Crippen LogP contribution in [-0.4, -0.2) is 37.5 Å². The Bertz CT molecular complexity index is 1070. The molecule has 0 saturated heterocycles. The lowest BCUT2D eigenvalue weighted by atomic mass is 10.1. The molecule has 0 aromatic carbocycles. The van der Waals surface area contributed by atoms with Gasteiger partial charge in [0.15, 0.2) is 0 Å². The molecular formula is C18H17ClN6O2S. The summed E-state index contributed by atoms with van der Waals surface area (Å²) in [6.07, 6.45) is -0.352. The van der Waals surface area contributed by atoms with Crippen LogP contribution in [0.25, 0.3) is 5.95 Å². The third-order valence-electron chi connectivity index (χ3n) is 4.06. The van der Waals surface area contributed by atoms with E-state index in [2.05, 4.69) is 25.5 Å². The number of hydrogen-bond donors (Lipinski definition) is 1. The Balaban J connectivity index is 1.51. The lowest BCUT2D eigenvalue weighted by molar-refractivity contribution is -0.125. The van der Waals surface area contributed by atoms with Gasteiger partial charge in [-0.3, -0.25) is 4.79 Å². The standard InChI is InChI=1S/C18H17ClN6O2S/c1-9-6-10(2)21-18(20-9)25-16(7-11(3)23-25)22-17(26)13-8-12(24-27-13)14-4-5-15(19)28-14/h4-7,13H,8H2,1-3H3,(H,22,26). The number of aromatic nitrogens is 4. The highest BCUT2D eigenvalue weighted by molar-refractivity contribution is 7.18. The summed E-state index contributed by atoms with van der Waals surface area (Å²) in [6.45, 7) is 5.60. The maximum Gasteiger partial charge on any atom is 0.269 e. The van der Waals surface area contributed by atoms with Gasteiger partial charge in [0.1, 0.15) is 11.5 Å². The fourth-order valence-corrected chi connectivity index (χ4v) is 3.92. The third kappa shape index (κ3) is 3.76. The monoisotopic (exact) mass is 416 g/mol. The van der Waals surface area contributed by atoms with Crippen molar-refractivity contribution < 1.29 is 9.63 Å². The van der Waals surface area contributed by atoms with Crippen LogP contribution in [0.3, 0.4) is 0 Å². The first-order valence-corrected chi connectivity index (χ1v) is 9.77. The van der Waals surface area contributed by atoms with Gasteiger partial charge < -0.3 is 10.2 Å². The summed E-state index contributed by atoms with van der Waals surface area (Å²) in [6, 6.07) is 7.29. The van der Waals surface area contributed by atoms with E-state index >= 15 is 0 Å². The lowest BCUT2D eigenvalue weighted by Gasteiger charge is -2.11. The van der Waals surface area contributed by atoms with E-state index in [0.29, 0.717) is 28.2 Å². The number of aryl methyl sites for hydroxylation is 3. The predicted octanol–water partition coefficient (Wildman–Crippen LogP) is 3.43. The molecule has 1 N–H and O–H groups in total. The Hall–Kier alpha value is -2.78. The average molecular weight is 417 g/mol. The molecule has 4 rings (SSSR count). The number of hydrogen-bond acceptors (Lipinski definition) is 7. The molecule has 28 heavy (non-hydrogen) atoms. The fourth-order valence-electron chi connectivity index (χ4n) is 2.88. The molecule has 1 amide bonds. The number of halogens is 1. The number of nitrogens with one attached hydrogen (secondary N) is 1. The Kier molecular flexibility index (Phi) is 4.86. The van der Waals surface area contributed by atoms with Crippen molar-refractivity contribution >= 4 is 40.4 Å². The summed E-state index contributed by atoms with van der Waals surface area (Å²) in [5.41, 5.74) is 3.08. The highest BCUT2D eigenvalue weighted by Gasteiger charge is 2.30. The molecular weight excluding hydrogens is 400 g/mol. The molecule has 8 nitrogen and oxygen atoms in total. The molecule has 3 aromatic rings. The molecule has 1 atom stereocenters. The quantitative estimate of drug-likeness (QED) is 0.703. The Morgan fingerprint density at radius 3 is 2.64 bits per heavy atom. The van der Waals surface area contributed by atoms with Crippen molar-refractivity contribution in [3.63, 3.8) is 0 Å². The molecule has 0 radical (unpaired) electrons. The van der Waals surface area contributed by atoms with Crippen LogP contribution >= 0.6 is 22.9 Å². The predicted molar refractivity (Wildman–Crippen MR) is 107 cm³/mol. The summed E-state index contributed by atoms with van der Waals surface area (Å²) >= 11 is 7.37. The van der Waals surface area contributed by atoms with Gasteiger partial charge in [-0.1, -0.05) is 16.8 Å². The summed E-state index contributed by atoms with van der Waals surface area (Å²) in [5.74, 6) is 0.564. The number of rotatable bonds is 4. The van der Waals surface area contributed by atoms with Crippen LogP contribution < -0.4 is 5.32 Å². The molecule has 0 spiro atoms. The third-order valence-corrected chi connectivity index (χ3v) is 5.34. The first-order chi connectivity index (χ1) is 13.4. The lowest BCUT2D eigenvalue weighted by Crippen LogP contribution is -2.29. The van der Waals surface area contributed by atoms with E-state index in [0.717, 1.165) is 22.0 Å². The normalized spacial score (nSPS) is 16.0. The molecule has 1 aliphatic rings. The van der Waals surface area contributed by atoms with E-state index in [4.69, 9.17) is 16.4 Å². The molecule has 4 heterocycles. The highest BCUT2D eigenvalue weighted by atomic mass is 35.5. The zero-order valence-corrected chi connectivity index (χ0v) is 17.0. The van der Waals surface area contributed by atoms with E-state index in [-0.39, 0.29) is 5.91 Å². The van der Waals surface area contributed by atoms with Gasteiger partial charge in [-0.2, -0.15) is 9.78 Å². The van der Waals surface area contributed by atoms with Gasteiger partial charge in [-0.25, -0.2) is 9.97 Å². The van der Waals surface area contributed by atoms with Gasteiger partial charge in [0.2, 0.25) is 6.10 Å². The van der Waals surface area contributed by atoms with Gasteiger partial charge in [0.05, 0.1) is 14.9 Å². The first-order valence-electron chi connectivity index (χ1n) is 8.57. The van der Waals surface area contributed by atoms with E-state index < -0.39 is 6.10 Å². The Labute approximate surface area is 170 Å². The smallest absolute Gasteiger partial charge is 0.269 e. The second-order valence-corrected chi connectivity index (χ2v) is 8.18. The van der Waals surface area contributed by atoms with Gasteiger partial charge in [0.25, 0.3) is 11.9 Å². The topological polar surface area (TPSA) is 94.3 Å². The maximum atomic E-state index is 12.7. The van der Waals surface area contributed by atoms with Gasteiger partial charge >= 0.3 is 0 Å². The van der Waals surface area contributed by atoms with Crippen molar-refractivity contribution in [2.75, 3.05) is 5.32 Å². The van der Waals surface area contributed by atoms with Crippen molar-refractivity contribution in [1.29, 1.82) is 0 Å². The number of amides is 1. The molecule has 0 saturated carbocycles. The summed E-state index contributed by atoms with van der Waals surface area (Å²) in [5, 5.41) is 11.3. The van der Waals surface area contributed by atoms with Crippen LogP contribution in [0.4, 0.5) is 5.82 Å². The second-order valence-electron chi connectivity index (χ2n) is 6.46. The number of nitrogens with zero attached hydrogens (tertiary/aromatic N) is 5. The van der Waals surface area contributed by atoms with Crippen molar-refractivity contribution in [3.8, 4) is 5.95 Å². The summed E-state index contributed by atoms with van der Waals surface area (Å²) in [7, 11) is 0.